The van der Waals surface area contributed by atoms with Crippen LogP contribution in [-0.4, -0.2) is 12.6 Å². The molecule has 1 unspecified atom stereocenters. The summed E-state index contributed by atoms with van der Waals surface area (Å²) >= 11 is 0. The Labute approximate surface area is 97.0 Å². The van der Waals surface area contributed by atoms with Gasteiger partial charge in [0.2, 0.25) is 0 Å². The molecule has 0 spiro atoms. The Morgan fingerprint density at radius 2 is 2.19 bits per heavy atom. The van der Waals surface area contributed by atoms with Gasteiger partial charge in [0.1, 0.15) is 11.8 Å². The lowest BCUT2D eigenvalue weighted by Crippen LogP contribution is -2.27. The quantitative estimate of drug-likeness (QED) is 0.826. The van der Waals surface area contributed by atoms with E-state index in [0.29, 0.717) is 6.61 Å². The highest BCUT2D eigenvalue weighted by Crippen LogP contribution is 2.19. The lowest BCUT2D eigenvalue weighted by Gasteiger charge is -2.15. The lowest BCUT2D eigenvalue weighted by molar-refractivity contribution is 0.339. The average molecular weight is 218 g/mol. The molecule has 0 heterocycles. The molecule has 16 heavy (non-hydrogen) atoms. The number of nitrogens with one attached hydrogen (secondary N) is 1. The van der Waals surface area contributed by atoms with Gasteiger partial charge in [0, 0.05) is 6.04 Å². The third kappa shape index (κ3) is 3.56. The summed E-state index contributed by atoms with van der Waals surface area (Å²) in [6, 6.07) is 9.91. The van der Waals surface area contributed by atoms with Crippen molar-refractivity contribution in [2.75, 3.05) is 6.61 Å². The van der Waals surface area contributed by atoms with Crippen LogP contribution in [0.2, 0.25) is 0 Å². The first-order valence-electron chi connectivity index (χ1n) is 5.55. The van der Waals surface area contributed by atoms with Gasteiger partial charge in [0.25, 0.3) is 0 Å². The summed E-state index contributed by atoms with van der Waals surface area (Å²) in [5.41, 5.74) is 0.946. The highest BCUT2D eigenvalue weighted by atomic mass is 16.5. The van der Waals surface area contributed by atoms with E-state index in [1.807, 2.05) is 45.0 Å². The van der Waals surface area contributed by atoms with Gasteiger partial charge in [-0.15, -0.1) is 0 Å². The fourth-order valence-electron chi connectivity index (χ4n) is 1.49. The third-order valence-corrected chi connectivity index (χ3v) is 2.13. The van der Waals surface area contributed by atoms with E-state index in [1.165, 1.54) is 0 Å². The van der Waals surface area contributed by atoms with Crippen molar-refractivity contribution in [1.82, 2.24) is 5.32 Å². The van der Waals surface area contributed by atoms with Crippen LogP contribution in [0.15, 0.2) is 24.3 Å². The molecule has 3 nitrogen and oxygen atoms in total. The third-order valence-electron chi connectivity index (χ3n) is 2.13. The summed E-state index contributed by atoms with van der Waals surface area (Å²) in [6.45, 7) is 6.63. The summed E-state index contributed by atoms with van der Waals surface area (Å²) in [5, 5.41) is 12.3. The van der Waals surface area contributed by atoms with Crippen LogP contribution in [0.3, 0.4) is 0 Å². The minimum atomic E-state index is -0.277. The number of nitrogens with zero attached hydrogens (tertiary/aromatic N) is 1. The van der Waals surface area contributed by atoms with E-state index >= 15 is 0 Å². The van der Waals surface area contributed by atoms with Crippen molar-refractivity contribution >= 4 is 0 Å². The van der Waals surface area contributed by atoms with Crippen molar-refractivity contribution in [3.8, 4) is 11.8 Å². The van der Waals surface area contributed by atoms with Gasteiger partial charge in [0.15, 0.2) is 0 Å². The second kappa shape index (κ2) is 6.14. The van der Waals surface area contributed by atoms with E-state index in [0.717, 1.165) is 11.3 Å². The summed E-state index contributed by atoms with van der Waals surface area (Å²) in [6.07, 6.45) is 0. The second-order valence-electron chi connectivity index (χ2n) is 3.89. The monoisotopic (exact) mass is 218 g/mol. The second-order valence-corrected chi connectivity index (χ2v) is 3.89. The highest BCUT2D eigenvalue weighted by Gasteiger charge is 2.11. The number of ether oxygens (including phenoxy) is 1. The zero-order valence-corrected chi connectivity index (χ0v) is 10.0. The minimum Gasteiger partial charge on any atom is -0.494 e. The van der Waals surface area contributed by atoms with Gasteiger partial charge >= 0.3 is 0 Å². The fraction of sp³-hybridized carbons (Fsp3) is 0.462. The van der Waals surface area contributed by atoms with Crippen LogP contribution < -0.4 is 10.1 Å². The van der Waals surface area contributed by atoms with Gasteiger partial charge in [-0.1, -0.05) is 12.1 Å². The van der Waals surface area contributed by atoms with Gasteiger partial charge < -0.3 is 4.74 Å². The van der Waals surface area contributed by atoms with Crippen LogP contribution in [0.1, 0.15) is 32.4 Å². The Kier molecular flexibility index (Phi) is 4.81. The van der Waals surface area contributed by atoms with Crippen molar-refractivity contribution in [2.24, 2.45) is 0 Å². The van der Waals surface area contributed by atoms with Gasteiger partial charge in [-0.05, 0) is 38.5 Å². The van der Waals surface area contributed by atoms with E-state index < -0.39 is 0 Å². The molecule has 0 amide bonds. The van der Waals surface area contributed by atoms with Crippen molar-refractivity contribution in [1.29, 1.82) is 5.26 Å². The number of hydrogen-bond acceptors (Lipinski definition) is 3. The van der Waals surface area contributed by atoms with Gasteiger partial charge in [-0.2, -0.15) is 5.26 Å². The molecule has 0 bridgehead atoms. The summed E-state index contributed by atoms with van der Waals surface area (Å²) in [5.74, 6) is 0.811. The normalized spacial score (nSPS) is 12.2. The van der Waals surface area contributed by atoms with E-state index in [9.17, 15) is 0 Å². The van der Waals surface area contributed by atoms with Gasteiger partial charge in [-0.3, -0.25) is 5.32 Å². The summed E-state index contributed by atoms with van der Waals surface area (Å²) < 4.78 is 5.41. The molecule has 1 aromatic rings. The molecule has 0 saturated carbocycles. The molecule has 0 aromatic heterocycles. The molecule has 1 aromatic carbocycles. The fourth-order valence-corrected chi connectivity index (χ4v) is 1.49. The molecule has 0 radical (unpaired) electrons. The number of benzene rings is 1. The topological polar surface area (TPSA) is 45.0 Å². The van der Waals surface area contributed by atoms with Crippen LogP contribution >= 0.6 is 0 Å². The molecule has 1 rings (SSSR count). The number of hydrogen-bond donors (Lipinski definition) is 1. The van der Waals surface area contributed by atoms with Crippen LogP contribution in [0, 0.1) is 11.3 Å². The molecular formula is C13H18N2O. The standard InChI is InChI=1S/C13H18N2O/c1-4-16-12-7-5-6-11(8-12)13(9-14)15-10(2)3/h5-8,10,13,15H,4H2,1-3H3. The minimum absolute atomic E-state index is 0.277. The van der Waals surface area contributed by atoms with E-state index in [-0.39, 0.29) is 12.1 Å². The van der Waals surface area contributed by atoms with Crippen molar-refractivity contribution < 1.29 is 4.74 Å². The first kappa shape index (κ1) is 12.5. The maximum atomic E-state index is 9.10. The maximum Gasteiger partial charge on any atom is 0.121 e. The average Bonchev–Trinajstić information content (AvgIpc) is 2.26. The zero-order valence-electron chi connectivity index (χ0n) is 10.0. The first-order chi connectivity index (χ1) is 7.67. The lowest BCUT2D eigenvalue weighted by atomic mass is 10.1. The number of nitriles is 1. The summed E-state index contributed by atoms with van der Waals surface area (Å²) in [4.78, 5) is 0. The molecule has 86 valence electrons. The van der Waals surface area contributed by atoms with E-state index in [4.69, 9.17) is 10.00 Å². The molecule has 1 N–H and O–H groups in total. The molecule has 3 heteroatoms. The SMILES string of the molecule is CCOc1cccc(C(C#N)NC(C)C)c1. The number of rotatable bonds is 5. The molecular weight excluding hydrogens is 200 g/mol. The predicted molar refractivity (Wildman–Crippen MR) is 64.2 cm³/mol. The Bertz CT molecular complexity index is 368. The summed E-state index contributed by atoms with van der Waals surface area (Å²) in [7, 11) is 0. The Balaban J connectivity index is 2.84. The Morgan fingerprint density at radius 3 is 2.75 bits per heavy atom. The van der Waals surface area contributed by atoms with E-state index in [1.54, 1.807) is 0 Å². The zero-order chi connectivity index (χ0) is 12.0. The highest BCUT2D eigenvalue weighted by molar-refractivity contribution is 5.33. The molecule has 0 aliphatic carbocycles. The smallest absolute Gasteiger partial charge is 0.121 e. The van der Waals surface area contributed by atoms with Crippen molar-refractivity contribution in [2.45, 2.75) is 32.9 Å². The largest absolute Gasteiger partial charge is 0.494 e. The van der Waals surface area contributed by atoms with Gasteiger partial charge in [-0.25, -0.2) is 0 Å². The Morgan fingerprint density at radius 1 is 1.44 bits per heavy atom. The first-order valence-corrected chi connectivity index (χ1v) is 5.55. The van der Waals surface area contributed by atoms with Gasteiger partial charge in [0.05, 0.1) is 12.7 Å². The molecule has 1 atom stereocenters. The van der Waals surface area contributed by atoms with E-state index in [2.05, 4.69) is 11.4 Å². The molecule has 0 fully saturated rings. The Hall–Kier alpha value is -1.53. The maximum absolute atomic E-state index is 9.10. The van der Waals surface area contributed by atoms with Crippen LogP contribution in [0.5, 0.6) is 5.75 Å². The van der Waals surface area contributed by atoms with Crippen molar-refractivity contribution in [3.05, 3.63) is 29.8 Å². The molecule has 0 saturated heterocycles. The predicted octanol–water partition coefficient (Wildman–Crippen LogP) is 2.65. The van der Waals surface area contributed by atoms with Crippen molar-refractivity contribution in [3.63, 3.8) is 0 Å². The molecule has 0 aliphatic heterocycles. The molecule has 0 aliphatic rings. The van der Waals surface area contributed by atoms with Crippen LogP contribution in [-0.2, 0) is 0 Å². The van der Waals surface area contributed by atoms with Crippen LogP contribution in [0.4, 0.5) is 0 Å². The van der Waals surface area contributed by atoms with Crippen LogP contribution in [0.25, 0.3) is 0 Å².